The zero-order chi connectivity index (χ0) is 13.9. The summed E-state index contributed by atoms with van der Waals surface area (Å²) in [5.74, 6) is 0.753. The predicted octanol–water partition coefficient (Wildman–Crippen LogP) is 3.21. The van der Waals surface area contributed by atoms with Crippen LogP contribution in [0.1, 0.15) is 52.9 Å². The summed E-state index contributed by atoms with van der Waals surface area (Å²) in [7, 11) is 0. The van der Waals surface area contributed by atoms with Gasteiger partial charge < -0.3 is 4.74 Å². The molecule has 0 aromatic rings. The highest BCUT2D eigenvalue weighted by Crippen LogP contribution is 2.41. The van der Waals surface area contributed by atoms with Gasteiger partial charge in [-0.05, 0) is 37.0 Å². The molecule has 0 amide bonds. The molecule has 2 unspecified atom stereocenters. The Morgan fingerprint density at radius 1 is 1.16 bits per heavy atom. The zero-order valence-electron chi connectivity index (χ0n) is 12.7. The fraction of sp³-hybridized carbons (Fsp3) is 0.938. The van der Waals surface area contributed by atoms with Gasteiger partial charge in [-0.15, -0.1) is 0 Å². The third-order valence-corrected chi connectivity index (χ3v) is 5.10. The first-order valence-corrected chi connectivity index (χ1v) is 7.72. The van der Waals surface area contributed by atoms with Crippen LogP contribution in [0.15, 0.2) is 0 Å². The highest BCUT2D eigenvalue weighted by atomic mass is 16.5. The van der Waals surface area contributed by atoms with Gasteiger partial charge in [-0.25, -0.2) is 0 Å². The van der Waals surface area contributed by atoms with Crippen LogP contribution in [-0.4, -0.2) is 36.7 Å². The molecule has 1 aliphatic heterocycles. The number of nitrogens with zero attached hydrogens (tertiary/aromatic N) is 2. The van der Waals surface area contributed by atoms with E-state index < -0.39 is 0 Å². The molecule has 2 aliphatic rings. The van der Waals surface area contributed by atoms with Gasteiger partial charge in [0, 0.05) is 13.1 Å². The molecule has 108 valence electrons. The molecular weight excluding hydrogens is 236 g/mol. The summed E-state index contributed by atoms with van der Waals surface area (Å²) in [6.07, 6.45) is 5.72. The lowest BCUT2D eigenvalue weighted by molar-refractivity contribution is -0.00889. The second kappa shape index (κ2) is 5.81. The summed E-state index contributed by atoms with van der Waals surface area (Å²) in [5.41, 5.74) is 0.153. The van der Waals surface area contributed by atoms with Crippen LogP contribution in [0.25, 0.3) is 0 Å². The molecule has 19 heavy (non-hydrogen) atoms. The minimum Gasteiger partial charge on any atom is -0.379 e. The fourth-order valence-electron chi connectivity index (χ4n) is 3.68. The van der Waals surface area contributed by atoms with Crippen molar-refractivity contribution in [2.45, 2.75) is 58.4 Å². The van der Waals surface area contributed by atoms with E-state index in [2.05, 4.69) is 31.7 Å². The van der Waals surface area contributed by atoms with E-state index in [9.17, 15) is 5.26 Å². The van der Waals surface area contributed by atoms with E-state index in [0.717, 1.165) is 45.1 Å². The maximum atomic E-state index is 9.78. The van der Waals surface area contributed by atoms with Crippen molar-refractivity contribution in [3.05, 3.63) is 0 Å². The van der Waals surface area contributed by atoms with E-state index in [1.165, 1.54) is 19.3 Å². The van der Waals surface area contributed by atoms with Gasteiger partial charge in [0.05, 0.1) is 19.3 Å². The minimum atomic E-state index is -0.218. The number of nitriles is 1. The van der Waals surface area contributed by atoms with Crippen LogP contribution in [0.3, 0.4) is 0 Å². The lowest BCUT2D eigenvalue weighted by Gasteiger charge is -2.40. The molecule has 2 fully saturated rings. The third kappa shape index (κ3) is 3.30. The monoisotopic (exact) mass is 264 g/mol. The molecule has 3 nitrogen and oxygen atoms in total. The Morgan fingerprint density at radius 3 is 2.42 bits per heavy atom. The number of morpholine rings is 1. The van der Waals surface area contributed by atoms with Crippen LogP contribution >= 0.6 is 0 Å². The number of hydrogen-bond donors (Lipinski definition) is 0. The van der Waals surface area contributed by atoms with E-state index >= 15 is 0 Å². The van der Waals surface area contributed by atoms with Gasteiger partial charge in [0.2, 0.25) is 0 Å². The van der Waals surface area contributed by atoms with E-state index in [1.807, 2.05) is 0 Å². The quantitative estimate of drug-likeness (QED) is 0.682. The SMILES string of the molecule is CC(C)(C)C1CCCC(C#N)(N2CCOCC2)CC1. The average molecular weight is 264 g/mol. The smallest absolute Gasteiger partial charge is 0.109 e. The minimum absolute atomic E-state index is 0.218. The zero-order valence-corrected chi connectivity index (χ0v) is 12.7. The van der Waals surface area contributed by atoms with Crippen LogP contribution in [0.5, 0.6) is 0 Å². The molecule has 1 aliphatic carbocycles. The maximum Gasteiger partial charge on any atom is 0.109 e. The molecule has 0 spiro atoms. The number of hydrogen-bond acceptors (Lipinski definition) is 3. The molecule has 1 heterocycles. The Bertz CT molecular complexity index is 336. The van der Waals surface area contributed by atoms with Crippen LogP contribution < -0.4 is 0 Å². The molecule has 1 saturated carbocycles. The van der Waals surface area contributed by atoms with Gasteiger partial charge >= 0.3 is 0 Å². The van der Waals surface area contributed by atoms with Gasteiger partial charge in [0.15, 0.2) is 0 Å². The molecule has 0 radical (unpaired) electrons. The summed E-state index contributed by atoms with van der Waals surface area (Å²) >= 11 is 0. The van der Waals surface area contributed by atoms with E-state index in [-0.39, 0.29) is 5.54 Å². The van der Waals surface area contributed by atoms with E-state index in [0.29, 0.717) is 5.41 Å². The van der Waals surface area contributed by atoms with Crippen molar-refractivity contribution in [1.82, 2.24) is 4.90 Å². The van der Waals surface area contributed by atoms with Crippen LogP contribution in [-0.2, 0) is 4.74 Å². The van der Waals surface area contributed by atoms with Crippen molar-refractivity contribution in [3.8, 4) is 6.07 Å². The van der Waals surface area contributed by atoms with Crippen molar-refractivity contribution < 1.29 is 4.74 Å². The Morgan fingerprint density at radius 2 is 1.84 bits per heavy atom. The molecule has 0 aromatic heterocycles. The molecular formula is C16H28N2O. The summed E-state index contributed by atoms with van der Waals surface area (Å²) in [5, 5.41) is 9.78. The van der Waals surface area contributed by atoms with Gasteiger partial charge in [0.25, 0.3) is 0 Å². The highest BCUT2D eigenvalue weighted by Gasteiger charge is 2.41. The lowest BCUT2D eigenvalue weighted by atomic mass is 9.76. The Kier molecular flexibility index (Phi) is 4.53. The highest BCUT2D eigenvalue weighted by molar-refractivity contribution is 5.10. The summed E-state index contributed by atoms with van der Waals surface area (Å²) in [6.45, 7) is 10.4. The Hall–Kier alpha value is -0.590. The van der Waals surface area contributed by atoms with Gasteiger partial charge in [0.1, 0.15) is 5.54 Å². The van der Waals surface area contributed by atoms with Crippen molar-refractivity contribution >= 4 is 0 Å². The normalized spacial score (nSPS) is 34.5. The average Bonchev–Trinajstić information content (AvgIpc) is 2.62. The van der Waals surface area contributed by atoms with Crippen LogP contribution in [0, 0.1) is 22.7 Å². The standard InChI is InChI=1S/C16H28N2O/c1-15(2,3)14-5-4-7-16(13-17,8-6-14)18-9-11-19-12-10-18/h14H,4-12H2,1-3H3. The molecule has 2 rings (SSSR count). The second-order valence-corrected chi connectivity index (χ2v) is 7.24. The predicted molar refractivity (Wildman–Crippen MR) is 76.8 cm³/mol. The Labute approximate surface area is 117 Å². The first-order chi connectivity index (χ1) is 8.98. The molecule has 1 saturated heterocycles. The fourth-order valence-corrected chi connectivity index (χ4v) is 3.68. The second-order valence-electron chi connectivity index (χ2n) is 7.24. The third-order valence-electron chi connectivity index (χ3n) is 5.10. The number of ether oxygens (including phenoxy) is 1. The van der Waals surface area contributed by atoms with Crippen molar-refractivity contribution in [2.75, 3.05) is 26.3 Å². The molecule has 0 aromatic carbocycles. The first-order valence-electron chi connectivity index (χ1n) is 7.72. The van der Waals surface area contributed by atoms with Crippen molar-refractivity contribution in [2.24, 2.45) is 11.3 Å². The summed E-state index contributed by atoms with van der Waals surface area (Å²) < 4.78 is 5.44. The molecule has 0 bridgehead atoms. The topological polar surface area (TPSA) is 36.3 Å². The van der Waals surface area contributed by atoms with Gasteiger partial charge in [-0.1, -0.05) is 27.2 Å². The van der Waals surface area contributed by atoms with Crippen LogP contribution in [0.2, 0.25) is 0 Å². The largest absolute Gasteiger partial charge is 0.379 e. The van der Waals surface area contributed by atoms with Gasteiger partial charge in [-0.2, -0.15) is 5.26 Å². The first kappa shape index (κ1) is 14.8. The Balaban J connectivity index is 2.08. The van der Waals surface area contributed by atoms with Gasteiger partial charge in [-0.3, -0.25) is 4.90 Å². The van der Waals surface area contributed by atoms with Crippen LogP contribution in [0.4, 0.5) is 0 Å². The maximum absolute atomic E-state index is 9.78. The summed E-state index contributed by atoms with van der Waals surface area (Å²) in [6, 6.07) is 2.67. The molecule has 3 heteroatoms. The summed E-state index contributed by atoms with van der Waals surface area (Å²) in [4.78, 5) is 2.39. The lowest BCUT2D eigenvalue weighted by Crippen LogP contribution is -2.52. The van der Waals surface area contributed by atoms with Crippen molar-refractivity contribution in [3.63, 3.8) is 0 Å². The van der Waals surface area contributed by atoms with E-state index in [4.69, 9.17) is 4.74 Å². The molecule has 0 N–H and O–H groups in total. The van der Waals surface area contributed by atoms with Crippen molar-refractivity contribution in [1.29, 1.82) is 5.26 Å². The molecule has 2 atom stereocenters. The number of rotatable bonds is 1. The van der Waals surface area contributed by atoms with E-state index in [1.54, 1.807) is 0 Å².